The fraction of sp³-hybridized carbons (Fsp3) is 0.375. The van der Waals surface area contributed by atoms with Crippen LogP contribution in [0.4, 0.5) is 29.1 Å². The van der Waals surface area contributed by atoms with Crippen molar-refractivity contribution in [1.29, 1.82) is 0 Å². The summed E-state index contributed by atoms with van der Waals surface area (Å²) in [6.07, 6.45) is -2.56. The highest BCUT2D eigenvalue weighted by Crippen LogP contribution is 2.38. The molecule has 11 heteroatoms. The molecule has 1 fully saturated rings. The van der Waals surface area contributed by atoms with E-state index in [1.165, 1.54) is 24.3 Å². The Labute approximate surface area is 198 Å². The topological polar surface area (TPSA) is 86.9 Å². The van der Waals surface area contributed by atoms with E-state index in [-0.39, 0.29) is 28.1 Å². The Morgan fingerprint density at radius 3 is 2.46 bits per heavy atom. The summed E-state index contributed by atoms with van der Waals surface area (Å²) >= 11 is 0. The van der Waals surface area contributed by atoms with Gasteiger partial charge < -0.3 is 15.3 Å². The first-order valence-electron chi connectivity index (χ1n) is 11.0. The van der Waals surface area contributed by atoms with E-state index in [1.807, 2.05) is 4.90 Å². The van der Waals surface area contributed by atoms with Gasteiger partial charge in [0.2, 0.25) is 0 Å². The average Bonchev–Trinajstić information content (AvgIpc) is 2.77. The summed E-state index contributed by atoms with van der Waals surface area (Å²) in [6, 6.07) is 4.41. The van der Waals surface area contributed by atoms with Gasteiger partial charge >= 0.3 is 12.1 Å². The van der Waals surface area contributed by atoms with E-state index in [1.54, 1.807) is 0 Å². The average molecular weight is 492 g/mol. The second-order valence-corrected chi connectivity index (χ2v) is 9.38. The van der Waals surface area contributed by atoms with Crippen molar-refractivity contribution in [2.75, 3.05) is 23.3 Å². The highest BCUT2D eigenvalue weighted by atomic mass is 19.4. The molecule has 0 bridgehead atoms. The van der Waals surface area contributed by atoms with E-state index in [2.05, 4.69) is 24.1 Å². The summed E-state index contributed by atoms with van der Waals surface area (Å²) < 4.78 is 58.0. The fourth-order valence-corrected chi connectivity index (χ4v) is 4.18. The number of aromatic carboxylic acids is 1. The number of carboxylic acid groups (broad SMARTS) is 1. The number of benzene rings is 1. The van der Waals surface area contributed by atoms with E-state index in [0.29, 0.717) is 19.2 Å². The highest BCUT2D eigenvalue weighted by Gasteiger charge is 2.43. The summed E-state index contributed by atoms with van der Waals surface area (Å²) in [5, 5.41) is 11.6. The molecule has 0 spiro atoms. The zero-order chi connectivity index (χ0) is 25.5. The van der Waals surface area contributed by atoms with Gasteiger partial charge in [0.1, 0.15) is 17.3 Å². The molecule has 4 rings (SSSR count). The second kappa shape index (κ2) is 8.86. The number of fused-ring (bicyclic) bond motifs is 1. The van der Waals surface area contributed by atoms with Crippen LogP contribution in [0, 0.1) is 11.2 Å². The van der Waals surface area contributed by atoms with Crippen molar-refractivity contribution in [3.05, 3.63) is 69.9 Å². The van der Waals surface area contributed by atoms with E-state index < -0.39 is 35.1 Å². The first-order valence-corrected chi connectivity index (χ1v) is 11.0. The van der Waals surface area contributed by atoms with Crippen molar-refractivity contribution in [2.45, 2.75) is 38.9 Å². The van der Waals surface area contributed by atoms with Crippen LogP contribution in [0.3, 0.4) is 0 Å². The van der Waals surface area contributed by atoms with Gasteiger partial charge in [-0.15, -0.1) is 0 Å². The molecule has 0 saturated carbocycles. The number of pyridine rings is 1. The number of hydrogen-bond donors (Lipinski definition) is 2. The van der Waals surface area contributed by atoms with Gasteiger partial charge in [-0.1, -0.05) is 26.0 Å². The minimum Gasteiger partial charge on any atom is -0.478 e. The van der Waals surface area contributed by atoms with Crippen molar-refractivity contribution >= 4 is 23.1 Å². The van der Waals surface area contributed by atoms with Crippen LogP contribution in [-0.4, -0.2) is 39.7 Å². The van der Waals surface area contributed by atoms with Crippen LogP contribution in [0.2, 0.25) is 0 Å². The smallest absolute Gasteiger partial charge is 0.412 e. The molecule has 2 aromatic heterocycles. The third-order valence-electron chi connectivity index (χ3n) is 6.28. The number of anilines is 2. The molecule has 2 N–H and O–H groups in total. The zero-order valence-corrected chi connectivity index (χ0v) is 19.1. The van der Waals surface area contributed by atoms with Crippen LogP contribution < -0.4 is 15.8 Å². The van der Waals surface area contributed by atoms with Gasteiger partial charge in [0.15, 0.2) is 6.04 Å². The number of aromatic nitrogens is 2. The van der Waals surface area contributed by atoms with Crippen LogP contribution in [0.15, 0.2) is 47.4 Å². The molecule has 1 saturated heterocycles. The lowest BCUT2D eigenvalue weighted by Crippen LogP contribution is -2.38. The lowest BCUT2D eigenvalue weighted by Gasteiger charge is -2.37. The molecular formula is C24H24F4N4O3. The van der Waals surface area contributed by atoms with Gasteiger partial charge in [0.05, 0.1) is 5.56 Å². The summed E-state index contributed by atoms with van der Waals surface area (Å²) in [4.78, 5) is 30.5. The molecule has 0 unspecified atom stereocenters. The normalized spacial score (nSPS) is 16.8. The van der Waals surface area contributed by atoms with Gasteiger partial charge in [0, 0.05) is 36.6 Å². The molecule has 0 aliphatic carbocycles. The number of nitrogens with zero attached hydrogens (tertiary/aromatic N) is 3. The Balaban J connectivity index is 1.86. The monoisotopic (exact) mass is 492 g/mol. The third kappa shape index (κ3) is 5.08. The molecule has 1 aliphatic heterocycles. The van der Waals surface area contributed by atoms with Crippen LogP contribution in [0.5, 0.6) is 0 Å². The van der Waals surface area contributed by atoms with Crippen LogP contribution in [0.1, 0.15) is 48.7 Å². The number of nitrogens with one attached hydrogen (secondary N) is 1. The Bertz CT molecular complexity index is 1330. The van der Waals surface area contributed by atoms with Crippen LogP contribution in [-0.2, 0) is 0 Å². The summed E-state index contributed by atoms with van der Waals surface area (Å²) in [5.41, 5.74) is -2.30. The minimum atomic E-state index is -4.97. The molecule has 1 aliphatic rings. The minimum absolute atomic E-state index is 0.0967. The van der Waals surface area contributed by atoms with E-state index >= 15 is 0 Å². The predicted molar refractivity (Wildman–Crippen MR) is 122 cm³/mol. The van der Waals surface area contributed by atoms with E-state index in [0.717, 1.165) is 29.5 Å². The van der Waals surface area contributed by atoms with Crippen LogP contribution in [0.25, 0.3) is 5.65 Å². The van der Waals surface area contributed by atoms with Crippen molar-refractivity contribution < 1.29 is 27.5 Å². The first kappa shape index (κ1) is 24.5. The fourth-order valence-electron chi connectivity index (χ4n) is 4.18. The third-order valence-corrected chi connectivity index (χ3v) is 6.28. The van der Waals surface area contributed by atoms with Gasteiger partial charge in [-0.3, -0.25) is 9.20 Å². The predicted octanol–water partition coefficient (Wildman–Crippen LogP) is 4.87. The van der Waals surface area contributed by atoms with Gasteiger partial charge in [-0.2, -0.15) is 13.2 Å². The zero-order valence-electron chi connectivity index (χ0n) is 19.1. The quantitative estimate of drug-likeness (QED) is 0.494. The Morgan fingerprint density at radius 1 is 1.17 bits per heavy atom. The molecule has 186 valence electrons. The first-order chi connectivity index (χ1) is 16.4. The molecular weight excluding hydrogens is 468 g/mol. The molecule has 1 atom stereocenters. The SMILES string of the molecule is CC1(C)CCN(c2cc(=O)n3cc(F)cc([C@H](Nc4ccccc4C(=O)O)C(F)(F)F)c3n2)CC1. The summed E-state index contributed by atoms with van der Waals surface area (Å²) in [7, 11) is 0. The van der Waals surface area contributed by atoms with Gasteiger partial charge in [0.25, 0.3) is 5.56 Å². The summed E-state index contributed by atoms with van der Waals surface area (Å²) in [6.45, 7) is 5.36. The van der Waals surface area contributed by atoms with Crippen LogP contribution >= 0.6 is 0 Å². The van der Waals surface area contributed by atoms with Crippen molar-refractivity contribution in [2.24, 2.45) is 5.41 Å². The molecule has 3 aromatic rings. The van der Waals surface area contributed by atoms with Crippen molar-refractivity contribution in [3.8, 4) is 0 Å². The lowest BCUT2D eigenvalue weighted by atomic mass is 9.83. The number of alkyl halides is 3. The number of carboxylic acids is 1. The standard InChI is InChI=1S/C24H24F4N4O3/c1-23(2)7-9-31(10-8-23)18-12-19(33)32-13-14(25)11-16(21(32)30-18)20(24(26,27)28)29-17-6-4-3-5-15(17)22(34)35/h3-6,11-13,20,29H,7-10H2,1-2H3,(H,34,35)/t20-/m0/s1. The van der Waals surface area contributed by atoms with Gasteiger partial charge in [-0.25, -0.2) is 14.2 Å². The maximum absolute atomic E-state index is 14.4. The Hall–Kier alpha value is -3.63. The molecule has 1 aromatic carbocycles. The number of piperidine rings is 1. The molecule has 3 heterocycles. The number of para-hydroxylation sites is 1. The lowest BCUT2D eigenvalue weighted by molar-refractivity contribution is -0.143. The Kier molecular flexibility index (Phi) is 6.20. The molecule has 7 nitrogen and oxygen atoms in total. The summed E-state index contributed by atoms with van der Waals surface area (Å²) in [5.74, 6) is -2.28. The molecule has 35 heavy (non-hydrogen) atoms. The largest absolute Gasteiger partial charge is 0.478 e. The number of hydrogen-bond acceptors (Lipinski definition) is 5. The second-order valence-electron chi connectivity index (χ2n) is 9.38. The van der Waals surface area contributed by atoms with Crippen molar-refractivity contribution in [3.63, 3.8) is 0 Å². The number of halogens is 4. The number of carbonyl (C=O) groups is 1. The molecule has 0 amide bonds. The number of rotatable bonds is 5. The molecule has 0 radical (unpaired) electrons. The Morgan fingerprint density at radius 2 is 1.83 bits per heavy atom. The van der Waals surface area contributed by atoms with E-state index in [4.69, 9.17) is 0 Å². The van der Waals surface area contributed by atoms with E-state index in [9.17, 15) is 32.3 Å². The highest BCUT2D eigenvalue weighted by molar-refractivity contribution is 5.94. The maximum Gasteiger partial charge on any atom is 0.412 e. The maximum atomic E-state index is 14.4. The van der Waals surface area contributed by atoms with Crippen molar-refractivity contribution in [1.82, 2.24) is 9.38 Å². The van der Waals surface area contributed by atoms with Gasteiger partial charge in [-0.05, 0) is 36.5 Å².